The molecule has 1 aromatic heterocycles. The van der Waals surface area contributed by atoms with Crippen molar-refractivity contribution >= 4 is 35.1 Å². The van der Waals surface area contributed by atoms with Gasteiger partial charge in [-0.2, -0.15) is 0 Å². The summed E-state index contributed by atoms with van der Waals surface area (Å²) in [5, 5.41) is 5.79. The number of aromatic nitrogens is 2. The third-order valence-electron chi connectivity index (χ3n) is 3.81. The van der Waals surface area contributed by atoms with Gasteiger partial charge in [0.05, 0.1) is 11.5 Å². The Morgan fingerprint density at radius 2 is 2.20 bits per heavy atom. The molecule has 1 atom stereocenters. The third-order valence-corrected chi connectivity index (χ3v) is 4.57. The van der Waals surface area contributed by atoms with Crippen molar-refractivity contribution in [2.24, 2.45) is 0 Å². The fraction of sp³-hybridized carbons (Fsp3) is 0.294. The summed E-state index contributed by atoms with van der Waals surface area (Å²) in [6.07, 6.45) is -0.0876. The highest BCUT2D eigenvalue weighted by Crippen LogP contribution is 2.30. The molecule has 1 aromatic carbocycles. The highest BCUT2D eigenvalue weighted by atomic mass is 32.2. The maximum atomic E-state index is 12.7. The van der Waals surface area contributed by atoms with Gasteiger partial charge in [-0.25, -0.2) is 4.98 Å². The molecule has 0 fully saturated rings. The molecule has 3 N–H and O–H groups in total. The van der Waals surface area contributed by atoms with Crippen LogP contribution in [0.25, 0.3) is 0 Å². The number of H-pyrrole nitrogens is 1. The minimum Gasteiger partial charge on any atom is -0.326 e. The largest absolute Gasteiger partial charge is 0.326 e. The Morgan fingerprint density at radius 1 is 1.40 bits per heavy atom. The van der Waals surface area contributed by atoms with Gasteiger partial charge in [0.15, 0.2) is 5.16 Å². The van der Waals surface area contributed by atoms with Crippen molar-refractivity contribution < 1.29 is 9.59 Å². The average molecular weight is 358 g/mol. The van der Waals surface area contributed by atoms with E-state index >= 15 is 0 Å². The number of hydrogen-bond donors (Lipinski definition) is 3. The quantitative estimate of drug-likeness (QED) is 0.574. The number of anilines is 2. The molecule has 0 saturated heterocycles. The minimum absolute atomic E-state index is 0.0876. The van der Waals surface area contributed by atoms with Crippen molar-refractivity contribution in [2.45, 2.75) is 31.3 Å². The number of fused-ring (bicyclic) bond motifs is 1. The summed E-state index contributed by atoms with van der Waals surface area (Å²) in [4.78, 5) is 44.0. The smallest absolute Gasteiger partial charge is 0.257 e. The van der Waals surface area contributed by atoms with E-state index in [9.17, 15) is 14.4 Å². The van der Waals surface area contributed by atoms with Crippen LogP contribution in [0.1, 0.15) is 30.4 Å². The summed E-state index contributed by atoms with van der Waals surface area (Å²) in [5.74, 6) is -0.707. The highest BCUT2D eigenvalue weighted by Gasteiger charge is 2.34. The molecular weight excluding hydrogens is 340 g/mol. The Bertz CT molecular complexity index is 894. The van der Waals surface area contributed by atoms with Crippen LogP contribution < -0.4 is 16.2 Å². The molecule has 0 saturated carbocycles. The van der Waals surface area contributed by atoms with Crippen LogP contribution in [-0.4, -0.2) is 27.5 Å². The molecule has 2 aromatic rings. The summed E-state index contributed by atoms with van der Waals surface area (Å²) in [6, 6.07) is 7.33. The molecule has 130 valence electrons. The van der Waals surface area contributed by atoms with E-state index in [0.717, 1.165) is 11.3 Å². The molecule has 8 heteroatoms. The first-order chi connectivity index (χ1) is 12.0. The lowest BCUT2D eigenvalue weighted by Gasteiger charge is -2.23. The van der Waals surface area contributed by atoms with Crippen LogP contribution in [0.4, 0.5) is 11.5 Å². The van der Waals surface area contributed by atoms with E-state index < -0.39 is 17.4 Å². The van der Waals surface area contributed by atoms with E-state index in [-0.39, 0.29) is 23.7 Å². The molecule has 7 nitrogen and oxygen atoms in total. The van der Waals surface area contributed by atoms with E-state index in [0.29, 0.717) is 10.8 Å². The predicted molar refractivity (Wildman–Crippen MR) is 97.1 cm³/mol. The Morgan fingerprint density at radius 3 is 2.92 bits per heavy atom. The second-order valence-electron chi connectivity index (χ2n) is 5.73. The average Bonchev–Trinajstić information content (AvgIpc) is 2.54. The molecule has 0 bridgehead atoms. The number of hydrogen-bond acceptors (Lipinski definition) is 5. The Balaban J connectivity index is 1.94. The second-order valence-corrected chi connectivity index (χ2v) is 6.98. The standard InChI is InChI=1S/C17H18N4O3S/c1-3-25-17-20-14-13(16(24)21-17)11(8-12(22)19-14)15(23)18-10-6-4-5-9(2)7-10/h4-7,11H,3,8H2,1-2H3,(H,18,23)(H2,19,20,21,22,24)/t11-/m1/s1. The molecule has 2 amide bonds. The van der Waals surface area contributed by atoms with Crippen molar-refractivity contribution in [1.29, 1.82) is 0 Å². The number of aryl methyl sites for hydroxylation is 1. The van der Waals surface area contributed by atoms with Gasteiger partial charge >= 0.3 is 0 Å². The number of carbonyl (C=O) groups is 2. The van der Waals surface area contributed by atoms with E-state index in [1.54, 1.807) is 6.07 Å². The van der Waals surface area contributed by atoms with Gasteiger partial charge in [0.1, 0.15) is 5.82 Å². The topological polar surface area (TPSA) is 104 Å². The van der Waals surface area contributed by atoms with Crippen LogP contribution in [0.5, 0.6) is 0 Å². The Hall–Kier alpha value is -2.61. The SMILES string of the molecule is CCSc1nc2c(c(=O)[nH]1)[C@H](C(=O)Nc1cccc(C)c1)CC(=O)N2. The maximum absolute atomic E-state index is 12.7. The van der Waals surface area contributed by atoms with Crippen LogP contribution in [0.3, 0.4) is 0 Å². The summed E-state index contributed by atoms with van der Waals surface area (Å²) in [6.45, 7) is 3.85. The normalized spacial score (nSPS) is 16.1. The van der Waals surface area contributed by atoms with Crippen LogP contribution in [0.2, 0.25) is 0 Å². The van der Waals surface area contributed by atoms with Crippen molar-refractivity contribution in [3.63, 3.8) is 0 Å². The second kappa shape index (κ2) is 7.10. The lowest BCUT2D eigenvalue weighted by atomic mass is 9.92. The molecule has 25 heavy (non-hydrogen) atoms. The minimum atomic E-state index is -0.874. The van der Waals surface area contributed by atoms with Crippen molar-refractivity contribution in [1.82, 2.24) is 9.97 Å². The molecule has 1 aliphatic rings. The van der Waals surface area contributed by atoms with Crippen molar-refractivity contribution in [3.8, 4) is 0 Å². The fourth-order valence-electron chi connectivity index (χ4n) is 2.73. The number of rotatable bonds is 4. The molecule has 0 radical (unpaired) electrons. The van der Waals surface area contributed by atoms with Gasteiger partial charge in [0.25, 0.3) is 5.56 Å². The molecule has 0 unspecified atom stereocenters. The van der Waals surface area contributed by atoms with Crippen LogP contribution >= 0.6 is 11.8 Å². The van der Waals surface area contributed by atoms with Gasteiger partial charge in [-0.3, -0.25) is 14.4 Å². The first-order valence-electron chi connectivity index (χ1n) is 7.92. The first-order valence-corrected chi connectivity index (χ1v) is 8.91. The Labute approximate surface area is 148 Å². The molecule has 0 spiro atoms. The summed E-state index contributed by atoms with van der Waals surface area (Å²) in [5.41, 5.74) is 1.43. The molecule has 0 aliphatic carbocycles. The monoisotopic (exact) mass is 358 g/mol. The van der Waals surface area contributed by atoms with Crippen LogP contribution in [0.15, 0.2) is 34.2 Å². The van der Waals surface area contributed by atoms with Gasteiger partial charge in [-0.1, -0.05) is 30.8 Å². The number of carbonyl (C=O) groups excluding carboxylic acids is 2. The molecule has 3 rings (SSSR count). The fourth-order valence-corrected chi connectivity index (χ4v) is 3.33. The first kappa shape index (κ1) is 17.2. The molecular formula is C17H18N4O3S. The van der Waals surface area contributed by atoms with Gasteiger partial charge in [0, 0.05) is 12.1 Å². The van der Waals surface area contributed by atoms with Crippen molar-refractivity contribution in [3.05, 3.63) is 45.7 Å². The summed E-state index contributed by atoms with van der Waals surface area (Å²) >= 11 is 1.36. The number of aromatic amines is 1. The zero-order valence-electron chi connectivity index (χ0n) is 13.9. The number of nitrogens with zero attached hydrogens (tertiary/aromatic N) is 1. The van der Waals surface area contributed by atoms with Gasteiger partial charge in [0.2, 0.25) is 11.8 Å². The Kier molecular flexibility index (Phi) is 4.89. The number of benzene rings is 1. The zero-order chi connectivity index (χ0) is 18.0. The van der Waals surface area contributed by atoms with Gasteiger partial charge in [-0.05, 0) is 30.4 Å². The van der Waals surface area contributed by atoms with E-state index in [2.05, 4.69) is 20.6 Å². The van der Waals surface area contributed by atoms with Gasteiger partial charge < -0.3 is 15.6 Å². The summed E-state index contributed by atoms with van der Waals surface area (Å²) < 4.78 is 0. The van der Waals surface area contributed by atoms with E-state index in [1.807, 2.05) is 32.0 Å². The lowest BCUT2D eigenvalue weighted by Crippen LogP contribution is -2.36. The molecule has 1 aliphatic heterocycles. The van der Waals surface area contributed by atoms with Crippen LogP contribution in [-0.2, 0) is 9.59 Å². The lowest BCUT2D eigenvalue weighted by molar-refractivity contribution is -0.123. The van der Waals surface area contributed by atoms with Crippen molar-refractivity contribution in [2.75, 3.05) is 16.4 Å². The van der Waals surface area contributed by atoms with Gasteiger partial charge in [-0.15, -0.1) is 0 Å². The zero-order valence-corrected chi connectivity index (χ0v) is 14.7. The predicted octanol–water partition coefficient (Wildman–Crippen LogP) is 2.25. The number of amides is 2. The number of thioether (sulfide) groups is 1. The van der Waals surface area contributed by atoms with E-state index in [4.69, 9.17) is 0 Å². The van der Waals surface area contributed by atoms with Crippen LogP contribution in [0, 0.1) is 6.92 Å². The summed E-state index contributed by atoms with van der Waals surface area (Å²) in [7, 11) is 0. The highest BCUT2D eigenvalue weighted by molar-refractivity contribution is 7.99. The molecule has 2 heterocycles. The third kappa shape index (κ3) is 3.74. The van der Waals surface area contributed by atoms with E-state index in [1.165, 1.54) is 11.8 Å². The number of nitrogens with one attached hydrogen (secondary N) is 3. The maximum Gasteiger partial charge on any atom is 0.257 e.